The molecule has 0 unspecified atom stereocenters. The van der Waals surface area contributed by atoms with Gasteiger partial charge in [0.05, 0.1) is 0 Å². The molecule has 3 nitrogen and oxygen atoms in total. The quantitative estimate of drug-likeness (QED) is 0.739. The van der Waals surface area contributed by atoms with Crippen LogP contribution in [0.5, 0.6) is 0 Å². The minimum Gasteiger partial charge on any atom is -0.330 e. The molecule has 0 radical (unpaired) electrons. The van der Waals surface area contributed by atoms with Crippen LogP contribution in [0.2, 0.25) is 0 Å². The van der Waals surface area contributed by atoms with Crippen LogP contribution in [0.3, 0.4) is 0 Å². The summed E-state index contributed by atoms with van der Waals surface area (Å²) < 4.78 is 0. The first kappa shape index (κ1) is 12.9. The van der Waals surface area contributed by atoms with Crippen LogP contribution in [-0.2, 0) is 0 Å². The van der Waals surface area contributed by atoms with Gasteiger partial charge in [-0.2, -0.15) is 0 Å². The largest absolute Gasteiger partial charge is 0.330 e. The van der Waals surface area contributed by atoms with Gasteiger partial charge in [0.2, 0.25) is 0 Å². The van der Waals surface area contributed by atoms with Gasteiger partial charge >= 0.3 is 0 Å². The van der Waals surface area contributed by atoms with Crippen molar-refractivity contribution in [2.24, 2.45) is 11.1 Å². The first-order valence-corrected chi connectivity index (χ1v) is 6.22. The van der Waals surface area contributed by atoms with E-state index in [1.54, 1.807) is 0 Å². The molecule has 1 fully saturated rings. The van der Waals surface area contributed by atoms with Gasteiger partial charge in [0.1, 0.15) is 0 Å². The molecule has 1 saturated heterocycles. The maximum Gasteiger partial charge on any atom is 0.0110 e. The maximum atomic E-state index is 5.76. The fourth-order valence-corrected chi connectivity index (χ4v) is 2.16. The lowest BCUT2D eigenvalue weighted by Crippen LogP contribution is -2.50. The lowest BCUT2D eigenvalue weighted by molar-refractivity contribution is 0.0994. The highest BCUT2D eigenvalue weighted by atomic mass is 15.3. The predicted octanol–water partition coefficient (Wildman–Crippen LogP) is 0.999. The molecule has 0 aromatic carbocycles. The minimum atomic E-state index is 0.271. The van der Waals surface area contributed by atoms with E-state index in [1.807, 2.05) is 0 Å². The molecule has 3 heteroatoms. The topological polar surface area (TPSA) is 32.5 Å². The lowest BCUT2D eigenvalue weighted by Gasteiger charge is -2.38. The van der Waals surface area contributed by atoms with Crippen molar-refractivity contribution in [2.45, 2.75) is 27.2 Å². The summed E-state index contributed by atoms with van der Waals surface area (Å²) in [5, 5.41) is 0. The zero-order valence-electron chi connectivity index (χ0n) is 10.6. The van der Waals surface area contributed by atoms with Crippen LogP contribution >= 0.6 is 0 Å². The van der Waals surface area contributed by atoms with E-state index in [0.29, 0.717) is 0 Å². The van der Waals surface area contributed by atoms with Gasteiger partial charge in [-0.1, -0.05) is 20.8 Å². The molecule has 0 aromatic rings. The van der Waals surface area contributed by atoms with Crippen molar-refractivity contribution in [1.29, 1.82) is 0 Å². The molecule has 0 amide bonds. The minimum absolute atomic E-state index is 0.271. The smallest absolute Gasteiger partial charge is 0.0110 e. The van der Waals surface area contributed by atoms with Crippen molar-refractivity contribution in [3.63, 3.8) is 0 Å². The second-order valence-electron chi connectivity index (χ2n) is 5.49. The average Bonchev–Trinajstić information content (AvgIpc) is 2.21. The molecule has 0 atom stereocenters. The van der Waals surface area contributed by atoms with Gasteiger partial charge < -0.3 is 15.5 Å². The first-order valence-electron chi connectivity index (χ1n) is 6.22. The van der Waals surface area contributed by atoms with Crippen molar-refractivity contribution in [1.82, 2.24) is 9.80 Å². The van der Waals surface area contributed by atoms with Crippen LogP contribution in [0.4, 0.5) is 0 Å². The van der Waals surface area contributed by atoms with Crippen LogP contribution < -0.4 is 5.73 Å². The Morgan fingerprint density at radius 3 is 2.07 bits per heavy atom. The van der Waals surface area contributed by atoms with Crippen LogP contribution in [0.1, 0.15) is 27.2 Å². The monoisotopic (exact) mass is 213 g/mol. The molecule has 0 saturated carbocycles. The third kappa shape index (κ3) is 4.49. The normalized spacial score (nSPS) is 20.8. The molecule has 0 bridgehead atoms. The molecule has 90 valence electrons. The number of rotatable bonds is 5. The summed E-state index contributed by atoms with van der Waals surface area (Å²) in [5.74, 6) is 0. The highest BCUT2D eigenvalue weighted by Crippen LogP contribution is 2.16. The molecule has 1 aliphatic heterocycles. The fourth-order valence-electron chi connectivity index (χ4n) is 2.16. The molecule has 0 aromatic heterocycles. The van der Waals surface area contributed by atoms with Crippen molar-refractivity contribution >= 4 is 0 Å². The van der Waals surface area contributed by atoms with E-state index in [9.17, 15) is 0 Å². The summed E-state index contributed by atoms with van der Waals surface area (Å²) in [6.45, 7) is 14.8. The molecule has 2 N–H and O–H groups in total. The van der Waals surface area contributed by atoms with Crippen LogP contribution in [0, 0.1) is 5.41 Å². The number of hydrogen-bond acceptors (Lipinski definition) is 3. The van der Waals surface area contributed by atoms with E-state index in [4.69, 9.17) is 5.73 Å². The molecule has 1 aliphatic rings. The number of nitrogens with zero attached hydrogens (tertiary/aromatic N) is 2. The number of nitrogens with two attached hydrogens (primary N) is 1. The zero-order chi connectivity index (χ0) is 11.3. The Labute approximate surface area is 94.6 Å². The van der Waals surface area contributed by atoms with E-state index in [2.05, 4.69) is 30.6 Å². The average molecular weight is 213 g/mol. The highest BCUT2D eigenvalue weighted by molar-refractivity contribution is 4.78. The molecule has 0 aliphatic carbocycles. The third-order valence-electron chi connectivity index (χ3n) is 3.21. The van der Waals surface area contributed by atoms with Crippen molar-refractivity contribution < 1.29 is 0 Å². The Balaban J connectivity index is 2.25. The van der Waals surface area contributed by atoms with Crippen LogP contribution in [0.15, 0.2) is 0 Å². The summed E-state index contributed by atoms with van der Waals surface area (Å²) in [6, 6.07) is 0. The summed E-state index contributed by atoms with van der Waals surface area (Å²) in [5.41, 5.74) is 6.03. The van der Waals surface area contributed by atoms with E-state index in [-0.39, 0.29) is 5.41 Å². The van der Waals surface area contributed by atoms with Crippen LogP contribution in [0.25, 0.3) is 0 Å². The Kier molecular flexibility index (Phi) is 5.03. The predicted molar refractivity (Wildman–Crippen MR) is 66.0 cm³/mol. The Morgan fingerprint density at radius 1 is 1.07 bits per heavy atom. The maximum absolute atomic E-state index is 5.76. The molecular weight excluding hydrogens is 186 g/mol. The van der Waals surface area contributed by atoms with Gasteiger partial charge in [-0.15, -0.1) is 0 Å². The van der Waals surface area contributed by atoms with E-state index >= 15 is 0 Å². The second kappa shape index (κ2) is 5.83. The molecular formula is C12H27N3. The Bertz CT molecular complexity index is 172. The lowest BCUT2D eigenvalue weighted by atomic mass is 9.93. The summed E-state index contributed by atoms with van der Waals surface area (Å²) in [4.78, 5) is 5.12. The molecule has 1 heterocycles. The second-order valence-corrected chi connectivity index (χ2v) is 5.49. The third-order valence-corrected chi connectivity index (χ3v) is 3.21. The summed E-state index contributed by atoms with van der Waals surface area (Å²) in [6.07, 6.45) is 1.27. The van der Waals surface area contributed by atoms with Gasteiger partial charge in [-0.25, -0.2) is 0 Å². The first-order chi connectivity index (χ1) is 7.07. The molecule has 1 rings (SSSR count). The molecule has 0 spiro atoms. The summed E-state index contributed by atoms with van der Waals surface area (Å²) >= 11 is 0. The van der Waals surface area contributed by atoms with Crippen molar-refractivity contribution in [3.05, 3.63) is 0 Å². The van der Waals surface area contributed by atoms with E-state index < -0.39 is 0 Å². The van der Waals surface area contributed by atoms with Gasteiger partial charge in [-0.05, 0) is 24.9 Å². The van der Waals surface area contributed by atoms with Crippen molar-refractivity contribution in [2.75, 3.05) is 45.8 Å². The Morgan fingerprint density at radius 2 is 1.60 bits per heavy atom. The summed E-state index contributed by atoms with van der Waals surface area (Å²) in [7, 11) is 0. The standard InChI is InChI=1S/C12H27N3/c1-4-5-14-6-8-15(9-7-14)11-12(2,3)10-13/h4-11,13H2,1-3H3. The SMILES string of the molecule is CCCN1CCN(CC(C)(C)CN)CC1. The van der Waals surface area contributed by atoms with Gasteiger partial charge in [0.15, 0.2) is 0 Å². The molecule has 15 heavy (non-hydrogen) atoms. The zero-order valence-corrected chi connectivity index (χ0v) is 10.6. The van der Waals surface area contributed by atoms with Gasteiger partial charge in [0, 0.05) is 32.7 Å². The van der Waals surface area contributed by atoms with Crippen molar-refractivity contribution in [3.8, 4) is 0 Å². The van der Waals surface area contributed by atoms with E-state index in [1.165, 1.54) is 39.1 Å². The Hall–Kier alpha value is -0.120. The highest BCUT2D eigenvalue weighted by Gasteiger charge is 2.23. The van der Waals surface area contributed by atoms with E-state index in [0.717, 1.165) is 13.1 Å². The fraction of sp³-hybridized carbons (Fsp3) is 1.00. The van der Waals surface area contributed by atoms with Crippen LogP contribution in [-0.4, -0.2) is 55.6 Å². The number of piperazine rings is 1. The van der Waals surface area contributed by atoms with Gasteiger partial charge in [0.25, 0.3) is 0 Å². The van der Waals surface area contributed by atoms with Gasteiger partial charge in [-0.3, -0.25) is 0 Å². The number of hydrogen-bond donors (Lipinski definition) is 1.